The monoisotopic (exact) mass is 350 g/mol. The fourth-order valence-corrected chi connectivity index (χ4v) is 3.11. The van der Waals surface area contributed by atoms with Gasteiger partial charge in [0.1, 0.15) is 22.1 Å². The Kier molecular flexibility index (Phi) is 6.23. The number of para-hydroxylation sites is 1. The Hall–Kier alpha value is -2.05. The van der Waals surface area contributed by atoms with Crippen molar-refractivity contribution >= 4 is 10.1 Å². The Morgan fingerprint density at radius 2 is 1.67 bits per heavy atom. The number of hydrogen-bond donors (Lipinski definition) is 2. The van der Waals surface area contributed by atoms with Crippen LogP contribution in [0.1, 0.15) is 38.2 Å². The third kappa shape index (κ3) is 4.72. The van der Waals surface area contributed by atoms with Gasteiger partial charge in [0.05, 0.1) is 0 Å². The summed E-state index contributed by atoms with van der Waals surface area (Å²) < 4.78 is 38.0. The zero-order valence-electron chi connectivity index (χ0n) is 13.6. The molecule has 0 aliphatic heterocycles. The van der Waals surface area contributed by atoms with Gasteiger partial charge in [0, 0.05) is 5.56 Å². The molecule has 0 unspecified atom stereocenters. The van der Waals surface area contributed by atoms with E-state index in [9.17, 15) is 18.1 Å². The molecule has 0 aliphatic carbocycles. The summed E-state index contributed by atoms with van der Waals surface area (Å²) in [6, 6.07) is 10.8. The van der Waals surface area contributed by atoms with E-state index in [1.807, 2.05) is 0 Å². The molecule has 0 heterocycles. The molecule has 0 radical (unpaired) electrons. The molecule has 0 fully saturated rings. The Balaban J connectivity index is 2.29. The normalized spacial score (nSPS) is 11.4. The zero-order chi connectivity index (χ0) is 17.6. The third-order valence-electron chi connectivity index (χ3n) is 3.74. The second kappa shape index (κ2) is 8.17. The average molecular weight is 350 g/mol. The summed E-state index contributed by atoms with van der Waals surface area (Å²) >= 11 is 0. The molecule has 5 nitrogen and oxygen atoms in total. The standard InChI is InChI=1S/C18H22O5S/c1-2-3-4-5-9-14-15(19)10-8-12-16(14)23-17-11-6-7-13-18(17)24(20,21)22/h6-8,10-13,19H,2-5,9H2,1H3,(H,20,21,22). The first kappa shape index (κ1) is 18.3. The maximum absolute atomic E-state index is 11.5. The maximum Gasteiger partial charge on any atom is 0.298 e. The Morgan fingerprint density at radius 1 is 0.958 bits per heavy atom. The molecule has 0 spiro atoms. The van der Waals surface area contributed by atoms with Gasteiger partial charge >= 0.3 is 0 Å². The van der Waals surface area contributed by atoms with Crippen molar-refractivity contribution in [2.24, 2.45) is 0 Å². The van der Waals surface area contributed by atoms with E-state index >= 15 is 0 Å². The van der Waals surface area contributed by atoms with E-state index in [-0.39, 0.29) is 16.4 Å². The van der Waals surface area contributed by atoms with Crippen molar-refractivity contribution in [3.63, 3.8) is 0 Å². The molecule has 2 aromatic rings. The SMILES string of the molecule is CCCCCCc1c(O)cccc1Oc1ccccc1S(=O)(=O)O. The van der Waals surface area contributed by atoms with Crippen molar-refractivity contribution in [2.75, 3.05) is 0 Å². The smallest absolute Gasteiger partial charge is 0.298 e. The minimum absolute atomic E-state index is 0.0282. The molecule has 2 N–H and O–H groups in total. The van der Waals surface area contributed by atoms with E-state index < -0.39 is 10.1 Å². The summed E-state index contributed by atoms with van der Waals surface area (Å²) in [5.41, 5.74) is 0.638. The van der Waals surface area contributed by atoms with Gasteiger partial charge in [-0.05, 0) is 37.1 Å². The molecule has 0 aliphatic rings. The number of phenols is 1. The number of hydrogen-bond acceptors (Lipinski definition) is 4. The van der Waals surface area contributed by atoms with E-state index in [1.165, 1.54) is 18.2 Å². The number of unbranched alkanes of at least 4 members (excludes halogenated alkanes) is 3. The Bertz CT molecular complexity index is 784. The van der Waals surface area contributed by atoms with Gasteiger partial charge in [0.15, 0.2) is 0 Å². The van der Waals surface area contributed by atoms with Gasteiger partial charge in [0.25, 0.3) is 10.1 Å². The van der Waals surface area contributed by atoms with Crippen LogP contribution in [0.2, 0.25) is 0 Å². The van der Waals surface area contributed by atoms with Gasteiger partial charge in [-0.2, -0.15) is 8.42 Å². The highest BCUT2D eigenvalue weighted by molar-refractivity contribution is 7.86. The van der Waals surface area contributed by atoms with Crippen molar-refractivity contribution in [1.29, 1.82) is 0 Å². The Labute approximate surface area is 142 Å². The highest BCUT2D eigenvalue weighted by Crippen LogP contribution is 2.35. The van der Waals surface area contributed by atoms with Crippen LogP contribution in [0.4, 0.5) is 0 Å². The van der Waals surface area contributed by atoms with Crippen molar-refractivity contribution in [2.45, 2.75) is 43.9 Å². The first-order valence-corrected chi connectivity index (χ1v) is 9.42. The van der Waals surface area contributed by atoms with Crippen LogP contribution < -0.4 is 4.74 Å². The molecule has 0 bridgehead atoms. The molecule has 0 saturated carbocycles. The summed E-state index contributed by atoms with van der Waals surface area (Å²) in [5, 5.41) is 10.1. The van der Waals surface area contributed by atoms with E-state index in [1.54, 1.807) is 24.3 Å². The van der Waals surface area contributed by atoms with Crippen LogP contribution in [0.5, 0.6) is 17.2 Å². The van der Waals surface area contributed by atoms with Crippen LogP contribution in [0.25, 0.3) is 0 Å². The summed E-state index contributed by atoms with van der Waals surface area (Å²) in [7, 11) is -4.39. The number of rotatable bonds is 8. The van der Waals surface area contributed by atoms with E-state index in [2.05, 4.69) is 6.92 Å². The fraction of sp³-hybridized carbons (Fsp3) is 0.333. The van der Waals surface area contributed by atoms with Crippen molar-refractivity contribution < 1.29 is 22.8 Å². The lowest BCUT2D eigenvalue weighted by atomic mass is 10.0. The largest absolute Gasteiger partial charge is 0.508 e. The number of phenolic OH excluding ortho intramolecular Hbond substituents is 1. The second-order valence-corrected chi connectivity index (χ2v) is 6.98. The van der Waals surface area contributed by atoms with Gasteiger partial charge in [-0.3, -0.25) is 4.55 Å². The minimum Gasteiger partial charge on any atom is -0.508 e. The van der Waals surface area contributed by atoms with Gasteiger partial charge < -0.3 is 9.84 Å². The van der Waals surface area contributed by atoms with Crippen molar-refractivity contribution in [3.05, 3.63) is 48.0 Å². The van der Waals surface area contributed by atoms with Crippen LogP contribution in [-0.4, -0.2) is 18.1 Å². The number of aromatic hydroxyl groups is 1. The highest BCUT2D eigenvalue weighted by atomic mass is 32.2. The molecular weight excluding hydrogens is 328 g/mol. The first-order chi connectivity index (χ1) is 11.4. The lowest BCUT2D eigenvalue weighted by Crippen LogP contribution is -2.02. The molecule has 24 heavy (non-hydrogen) atoms. The molecule has 2 rings (SSSR count). The second-order valence-electron chi connectivity index (χ2n) is 5.59. The predicted molar refractivity (Wildman–Crippen MR) is 92.3 cm³/mol. The van der Waals surface area contributed by atoms with Crippen LogP contribution >= 0.6 is 0 Å². The summed E-state index contributed by atoms with van der Waals surface area (Å²) in [5.74, 6) is 0.538. The van der Waals surface area contributed by atoms with Crippen molar-refractivity contribution in [3.8, 4) is 17.2 Å². The fourth-order valence-electron chi connectivity index (χ4n) is 2.50. The van der Waals surface area contributed by atoms with E-state index in [0.717, 1.165) is 25.7 Å². The van der Waals surface area contributed by atoms with Crippen LogP contribution in [0, 0.1) is 0 Å². The molecule has 130 valence electrons. The zero-order valence-corrected chi connectivity index (χ0v) is 14.4. The quantitative estimate of drug-likeness (QED) is 0.539. The van der Waals surface area contributed by atoms with Gasteiger partial charge in [-0.1, -0.05) is 44.4 Å². The lowest BCUT2D eigenvalue weighted by molar-refractivity contribution is 0.430. The van der Waals surface area contributed by atoms with Gasteiger partial charge in [-0.25, -0.2) is 0 Å². The summed E-state index contributed by atoms with van der Waals surface area (Å²) in [6.45, 7) is 2.13. The van der Waals surface area contributed by atoms with Crippen LogP contribution in [0.15, 0.2) is 47.4 Å². The average Bonchev–Trinajstić information content (AvgIpc) is 2.53. The summed E-state index contributed by atoms with van der Waals surface area (Å²) in [6.07, 6.45) is 4.82. The molecule has 6 heteroatoms. The number of ether oxygens (including phenoxy) is 1. The van der Waals surface area contributed by atoms with Gasteiger partial charge in [-0.15, -0.1) is 0 Å². The van der Waals surface area contributed by atoms with Crippen LogP contribution in [-0.2, 0) is 16.5 Å². The van der Waals surface area contributed by atoms with Crippen molar-refractivity contribution in [1.82, 2.24) is 0 Å². The minimum atomic E-state index is -4.39. The molecule has 0 atom stereocenters. The Morgan fingerprint density at radius 3 is 2.38 bits per heavy atom. The molecule has 2 aromatic carbocycles. The molecular formula is C18H22O5S. The lowest BCUT2D eigenvalue weighted by Gasteiger charge is -2.14. The number of benzene rings is 2. The first-order valence-electron chi connectivity index (χ1n) is 7.98. The highest BCUT2D eigenvalue weighted by Gasteiger charge is 2.18. The van der Waals surface area contributed by atoms with E-state index in [0.29, 0.717) is 17.7 Å². The predicted octanol–water partition coefficient (Wildman–Crippen LogP) is 4.55. The van der Waals surface area contributed by atoms with Gasteiger partial charge in [0.2, 0.25) is 0 Å². The molecule has 0 amide bonds. The molecule has 0 saturated heterocycles. The molecule has 0 aromatic heterocycles. The summed E-state index contributed by atoms with van der Waals surface area (Å²) in [4.78, 5) is -0.301. The third-order valence-corrected chi connectivity index (χ3v) is 4.63. The maximum atomic E-state index is 11.5. The van der Waals surface area contributed by atoms with E-state index in [4.69, 9.17) is 4.74 Å². The topological polar surface area (TPSA) is 83.8 Å². The van der Waals surface area contributed by atoms with Crippen LogP contribution in [0.3, 0.4) is 0 Å².